The van der Waals surface area contributed by atoms with Crippen LogP contribution in [0.3, 0.4) is 0 Å². The van der Waals surface area contributed by atoms with Gasteiger partial charge in [-0.2, -0.15) is 0 Å². The lowest BCUT2D eigenvalue weighted by Crippen LogP contribution is -2.04. The van der Waals surface area contributed by atoms with E-state index in [1.165, 1.54) is 0 Å². The first-order valence-electron chi connectivity index (χ1n) is 3.49. The molecule has 0 saturated carbocycles. The summed E-state index contributed by atoms with van der Waals surface area (Å²) in [7, 11) is -3.25. The number of benzene rings is 1. The summed E-state index contributed by atoms with van der Waals surface area (Å²) < 4.78 is 21.1. The van der Waals surface area contributed by atoms with Crippen LogP contribution in [-0.4, -0.2) is 14.7 Å². The maximum atomic E-state index is 11.1. The second-order valence-corrected chi connectivity index (χ2v) is 5.96. The average Bonchev–Trinajstić information content (AvgIpc) is 2.03. The number of hydrogen-bond donors (Lipinski definition) is 0. The molecule has 0 aliphatic carbocycles. The van der Waals surface area contributed by atoms with Gasteiger partial charge >= 0.3 is 0 Å². The molecule has 1 unspecified atom stereocenters. The van der Waals surface area contributed by atoms with Crippen LogP contribution in [0.4, 0.5) is 0 Å². The zero-order valence-electron chi connectivity index (χ0n) is 6.87. The third-order valence-corrected chi connectivity index (χ3v) is 4.01. The maximum Gasteiger partial charge on any atom is 0.168 e. The van der Waals surface area contributed by atoms with E-state index in [4.69, 9.17) is 23.2 Å². The van der Waals surface area contributed by atoms with Crippen molar-refractivity contribution >= 4 is 33.0 Å². The maximum absolute atomic E-state index is 11.1. The molecule has 72 valence electrons. The van der Waals surface area contributed by atoms with Crippen molar-refractivity contribution in [2.45, 2.75) is 4.71 Å². The molecule has 2 nitrogen and oxygen atoms in total. The minimum atomic E-state index is -3.25. The van der Waals surface area contributed by atoms with E-state index in [-0.39, 0.29) is 0 Å². The Morgan fingerprint density at radius 3 is 2.08 bits per heavy atom. The van der Waals surface area contributed by atoms with Gasteiger partial charge in [0.1, 0.15) is 0 Å². The lowest BCUT2D eigenvalue weighted by Gasteiger charge is -2.06. The SMILES string of the molecule is CS(=O)(=O)C(Cl)c1ccc(Cl)cc1. The summed E-state index contributed by atoms with van der Waals surface area (Å²) in [6.07, 6.45) is 1.10. The van der Waals surface area contributed by atoms with Crippen LogP contribution in [-0.2, 0) is 9.84 Å². The Balaban J connectivity index is 3.04. The van der Waals surface area contributed by atoms with Gasteiger partial charge in [-0.15, -0.1) is 11.6 Å². The molecule has 0 N–H and O–H groups in total. The third kappa shape index (κ3) is 2.86. The molecule has 1 aromatic carbocycles. The van der Waals surface area contributed by atoms with Crippen molar-refractivity contribution < 1.29 is 8.42 Å². The van der Waals surface area contributed by atoms with Crippen molar-refractivity contribution in [3.8, 4) is 0 Å². The van der Waals surface area contributed by atoms with Crippen molar-refractivity contribution in [3.05, 3.63) is 34.9 Å². The van der Waals surface area contributed by atoms with Crippen LogP contribution in [0, 0.1) is 0 Å². The van der Waals surface area contributed by atoms with E-state index in [2.05, 4.69) is 0 Å². The molecule has 5 heteroatoms. The summed E-state index contributed by atoms with van der Waals surface area (Å²) in [6.45, 7) is 0. The van der Waals surface area contributed by atoms with Crippen molar-refractivity contribution in [3.63, 3.8) is 0 Å². The van der Waals surface area contributed by atoms with Crippen LogP contribution in [0.2, 0.25) is 5.02 Å². The summed E-state index contributed by atoms with van der Waals surface area (Å²) in [5.74, 6) is 0. The van der Waals surface area contributed by atoms with Gasteiger partial charge in [0.15, 0.2) is 14.5 Å². The smallest absolute Gasteiger partial charge is 0.168 e. The van der Waals surface area contributed by atoms with E-state index in [1.54, 1.807) is 24.3 Å². The fourth-order valence-corrected chi connectivity index (χ4v) is 1.78. The minimum Gasteiger partial charge on any atom is -0.227 e. The Labute approximate surface area is 87.4 Å². The normalized spacial score (nSPS) is 14.1. The molecule has 0 saturated heterocycles. The van der Waals surface area contributed by atoms with Crippen molar-refractivity contribution in [1.29, 1.82) is 0 Å². The molecule has 1 aromatic rings. The molecule has 1 atom stereocenters. The van der Waals surface area contributed by atoms with Gasteiger partial charge in [-0.25, -0.2) is 8.42 Å². The summed E-state index contributed by atoms with van der Waals surface area (Å²) in [4.78, 5) is 0. The Bertz CT molecular complexity index is 383. The summed E-state index contributed by atoms with van der Waals surface area (Å²) >= 11 is 11.3. The Morgan fingerprint density at radius 1 is 1.23 bits per heavy atom. The Kier molecular flexibility index (Phi) is 3.22. The van der Waals surface area contributed by atoms with Crippen LogP contribution in [0.15, 0.2) is 24.3 Å². The van der Waals surface area contributed by atoms with Gasteiger partial charge in [0.25, 0.3) is 0 Å². The van der Waals surface area contributed by atoms with Gasteiger partial charge in [-0.1, -0.05) is 23.7 Å². The molecule has 0 heterocycles. The van der Waals surface area contributed by atoms with Crippen LogP contribution in [0.25, 0.3) is 0 Å². The highest BCUT2D eigenvalue weighted by Gasteiger charge is 2.18. The number of rotatable bonds is 2. The molecule has 1 rings (SSSR count). The molecule has 0 spiro atoms. The average molecular weight is 239 g/mol. The largest absolute Gasteiger partial charge is 0.227 e. The van der Waals surface area contributed by atoms with E-state index in [0.717, 1.165) is 6.26 Å². The van der Waals surface area contributed by atoms with E-state index in [9.17, 15) is 8.42 Å². The fourth-order valence-electron chi connectivity index (χ4n) is 0.861. The lowest BCUT2D eigenvalue weighted by molar-refractivity contribution is 0.599. The molecule has 13 heavy (non-hydrogen) atoms. The molecule has 0 aliphatic rings. The predicted molar refractivity (Wildman–Crippen MR) is 54.9 cm³/mol. The van der Waals surface area contributed by atoms with Gasteiger partial charge < -0.3 is 0 Å². The summed E-state index contributed by atoms with van der Waals surface area (Å²) in [5, 5.41) is 0.557. The molecule has 0 radical (unpaired) electrons. The van der Waals surface area contributed by atoms with Crippen LogP contribution < -0.4 is 0 Å². The third-order valence-electron chi connectivity index (χ3n) is 1.51. The van der Waals surface area contributed by atoms with Gasteiger partial charge in [0, 0.05) is 11.3 Å². The first-order chi connectivity index (χ1) is 5.91. The summed E-state index contributed by atoms with van der Waals surface area (Å²) in [6, 6.07) is 6.41. The second-order valence-electron chi connectivity index (χ2n) is 2.70. The molecule has 0 amide bonds. The topological polar surface area (TPSA) is 34.1 Å². The van der Waals surface area contributed by atoms with E-state index in [0.29, 0.717) is 10.6 Å². The standard InChI is InChI=1S/C8H8Cl2O2S/c1-13(11,12)8(10)6-2-4-7(9)5-3-6/h2-5,8H,1H3. The quantitative estimate of drug-likeness (QED) is 0.743. The highest BCUT2D eigenvalue weighted by Crippen LogP contribution is 2.26. The van der Waals surface area contributed by atoms with Crippen LogP contribution >= 0.6 is 23.2 Å². The van der Waals surface area contributed by atoms with Crippen LogP contribution in [0.5, 0.6) is 0 Å². The molecular weight excluding hydrogens is 231 g/mol. The first kappa shape index (κ1) is 10.8. The second kappa shape index (κ2) is 3.86. The first-order valence-corrected chi connectivity index (χ1v) is 6.26. The van der Waals surface area contributed by atoms with Gasteiger partial charge in [0.2, 0.25) is 0 Å². The van der Waals surface area contributed by atoms with E-state index >= 15 is 0 Å². The van der Waals surface area contributed by atoms with Crippen molar-refractivity contribution in [1.82, 2.24) is 0 Å². The van der Waals surface area contributed by atoms with Gasteiger partial charge in [-0.05, 0) is 17.7 Å². The highest BCUT2D eigenvalue weighted by atomic mass is 35.5. The lowest BCUT2D eigenvalue weighted by atomic mass is 10.2. The molecule has 0 bridgehead atoms. The zero-order chi connectivity index (χ0) is 10.1. The van der Waals surface area contributed by atoms with Gasteiger partial charge in [-0.3, -0.25) is 0 Å². The van der Waals surface area contributed by atoms with Crippen molar-refractivity contribution in [2.75, 3.05) is 6.26 Å². The Hall–Kier alpha value is -0.250. The minimum absolute atomic E-state index is 0.536. The molecular formula is C8H8Cl2O2S. The number of hydrogen-bond acceptors (Lipinski definition) is 2. The Morgan fingerprint density at radius 2 is 1.69 bits per heavy atom. The molecule has 0 aliphatic heterocycles. The van der Waals surface area contributed by atoms with E-state index in [1.807, 2.05) is 0 Å². The number of sulfone groups is 1. The van der Waals surface area contributed by atoms with Crippen LogP contribution in [0.1, 0.15) is 10.3 Å². The monoisotopic (exact) mass is 238 g/mol. The molecule has 0 fully saturated rings. The summed E-state index contributed by atoms with van der Waals surface area (Å²) in [5.41, 5.74) is 0.536. The number of alkyl halides is 1. The van der Waals surface area contributed by atoms with Gasteiger partial charge in [0.05, 0.1) is 0 Å². The highest BCUT2D eigenvalue weighted by molar-refractivity contribution is 7.92. The van der Waals surface area contributed by atoms with Crippen molar-refractivity contribution in [2.24, 2.45) is 0 Å². The predicted octanol–water partition coefficient (Wildman–Crippen LogP) is 2.62. The molecule has 0 aromatic heterocycles. The zero-order valence-corrected chi connectivity index (χ0v) is 9.20. The van der Waals surface area contributed by atoms with E-state index < -0.39 is 14.5 Å². The number of halogens is 2. The fraction of sp³-hybridized carbons (Fsp3) is 0.250.